The molecule has 0 radical (unpaired) electrons. The van der Waals surface area contributed by atoms with Crippen molar-refractivity contribution in [1.82, 2.24) is 0 Å². The third-order valence-electron chi connectivity index (χ3n) is 2.25. The Morgan fingerprint density at radius 1 is 1.33 bits per heavy atom. The summed E-state index contributed by atoms with van der Waals surface area (Å²) >= 11 is 3.33. The molecular formula is C12H15BrO2. The van der Waals surface area contributed by atoms with Crippen molar-refractivity contribution in [3.63, 3.8) is 0 Å². The molecule has 0 fully saturated rings. The summed E-state index contributed by atoms with van der Waals surface area (Å²) in [4.78, 5) is 11.6. The summed E-state index contributed by atoms with van der Waals surface area (Å²) in [5.74, 6) is -0.139. The molecule has 0 aliphatic heterocycles. The molecule has 0 saturated carbocycles. The van der Waals surface area contributed by atoms with E-state index in [1.165, 1.54) is 0 Å². The largest absolute Gasteiger partial charge is 0.385 e. The van der Waals surface area contributed by atoms with Crippen molar-refractivity contribution in [2.45, 2.75) is 26.4 Å². The number of Topliss-reactive ketones (excluding diaryl/α,β-unsaturated/α-hetero) is 1. The van der Waals surface area contributed by atoms with Crippen LogP contribution >= 0.6 is 15.9 Å². The van der Waals surface area contributed by atoms with Crippen molar-refractivity contribution in [3.05, 3.63) is 34.3 Å². The van der Waals surface area contributed by atoms with E-state index >= 15 is 0 Å². The van der Waals surface area contributed by atoms with Crippen molar-refractivity contribution >= 4 is 21.7 Å². The van der Waals surface area contributed by atoms with Crippen molar-refractivity contribution in [2.24, 2.45) is 5.92 Å². The number of hydrogen-bond acceptors (Lipinski definition) is 2. The topological polar surface area (TPSA) is 37.3 Å². The molecule has 1 atom stereocenters. The molecule has 1 N–H and O–H groups in total. The zero-order chi connectivity index (χ0) is 11.4. The zero-order valence-electron chi connectivity index (χ0n) is 8.90. The van der Waals surface area contributed by atoms with Crippen LogP contribution in [0.1, 0.15) is 19.4 Å². The summed E-state index contributed by atoms with van der Waals surface area (Å²) in [6, 6.07) is 7.55. The molecule has 1 aromatic carbocycles. The molecule has 15 heavy (non-hydrogen) atoms. The Kier molecular flexibility index (Phi) is 4.48. The van der Waals surface area contributed by atoms with Gasteiger partial charge in [0.25, 0.3) is 0 Å². The van der Waals surface area contributed by atoms with Gasteiger partial charge in [-0.05, 0) is 23.6 Å². The highest BCUT2D eigenvalue weighted by atomic mass is 79.9. The van der Waals surface area contributed by atoms with Crippen molar-refractivity contribution in [3.8, 4) is 0 Å². The smallest absolute Gasteiger partial charge is 0.165 e. The normalized spacial score (nSPS) is 12.9. The number of benzene rings is 1. The Bertz CT molecular complexity index is 330. The number of halogens is 1. The predicted molar refractivity (Wildman–Crippen MR) is 63.7 cm³/mol. The number of hydrogen-bond donors (Lipinski definition) is 1. The van der Waals surface area contributed by atoms with Gasteiger partial charge in [0.1, 0.15) is 6.10 Å². The van der Waals surface area contributed by atoms with Crippen LogP contribution in [0.3, 0.4) is 0 Å². The van der Waals surface area contributed by atoms with E-state index in [0.29, 0.717) is 6.42 Å². The number of carbonyl (C=O) groups is 1. The second-order valence-corrected chi connectivity index (χ2v) is 4.87. The predicted octanol–water partition coefficient (Wildman–Crippen LogP) is 2.58. The Morgan fingerprint density at radius 3 is 2.33 bits per heavy atom. The fraction of sp³-hybridized carbons (Fsp3) is 0.417. The van der Waals surface area contributed by atoms with Gasteiger partial charge in [-0.1, -0.05) is 41.9 Å². The number of ketones is 1. The van der Waals surface area contributed by atoms with Gasteiger partial charge in [0, 0.05) is 10.9 Å². The molecule has 0 bridgehead atoms. The average molecular weight is 271 g/mol. The number of aliphatic hydroxyl groups excluding tert-OH is 1. The van der Waals surface area contributed by atoms with Crippen LogP contribution < -0.4 is 0 Å². The lowest BCUT2D eigenvalue weighted by molar-refractivity contribution is -0.128. The van der Waals surface area contributed by atoms with E-state index in [1.54, 1.807) is 0 Å². The highest BCUT2D eigenvalue weighted by molar-refractivity contribution is 9.10. The molecule has 0 heterocycles. The molecule has 82 valence electrons. The molecule has 0 aliphatic rings. The first-order valence-electron chi connectivity index (χ1n) is 4.96. The maximum atomic E-state index is 11.6. The molecule has 1 rings (SSSR count). The summed E-state index contributed by atoms with van der Waals surface area (Å²) in [6.45, 7) is 3.67. The maximum absolute atomic E-state index is 11.6. The summed E-state index contributed by atoms with van der Waals surface area (Å²) < 4.78 is 0.989. The van der Waals surface area contributed by atoms with Gasteiger partial charge in [-0.2, -0.15) is 0 Å². The molecule has 1 unspecified atom stereocenters. The highest BCUT2D eigenvalue weighted by Gasteiger charge is 2.18. The van der Waals surface area contributed by atoms with Crippen molar-refractivity contribution < 1.29 is 9.90 Å². The minimum atomic E-state index is -0.853. The number of rotatable bonds is 4. The van der Waals surface area contributed by atoms with E-state index in [-0.39, 0.29) is 11.7 Å². The highest BCUT2D eigenvalue weighted by Crippen LogP contribution is 2.12. The lowest BCUT2D eigenvalue weighted by atomic mass is 9.98. The SMILES string of the molecule is CC(C)C(O)C(=O)Cc1ccc(Br)cc1. The summed E-state index contributed by atoms with van der Waals surface area (Å²) in [7, 11) is 0. The van der Waals surface area contributed by atoms with E-state index in [0.717, 1.165) is 10.0 Å². The molecule has 2 nitrogen and oxygen atoms in total. The van der Waals surface area contributed by atoms with E-state index in [2.05, 4.69) is 15.9 Å². The molecule has 3 heteroatoms. The van der Waals surface area contributed by atoms with Crippen LogP contribution in [0.2, 0.25) is 0 Å². The minimum Gasteiger partial charge on any atom is -0.385 e. The van der Waals surface area contributed by atoms with Gasteiger partial charge in [0.05, 0.1) is 0 Å². The molecule has 0 saturated heterocycles. The quantitative estimate of drug-likeness (QED) is 0.913. The van der Waals surface area contributed by atoms with Crippen molar-refractivity contribution in [2.75, 3.05) is 0 Å². The average Bonchev–Trinajstić information content (AvgIpc) is 2.20. The van der Waals surface area contributed by atoms with Crippen LogP contribution in [-0.4, -0.2) is 17.0 Å². The summed E-state index contributed by atoms with van der Waals surface area (Å²) in [5.41, 5.74) is 0.933. The molecule has 0 aromatic heterocycles. The van der Waals surface area contributed by atoms with Gasteiger partial charge >= 0.3 is 0 Å². The lowest BCUT2D eigenvalue weighted by Gasteiger charge is -2.12. The van der Waals surface area contributed by atoms with Gasteiger partial charge in [-0.15, -0.1) is 0 Å². The number of aliphatic hydroxyl groups is 1. The Morgan fingerprint density at radius 2 is 1.87 bits per heavy atom. The molecule has 0 amide bonds. The zero-order valence-corrected chi connectivity index (χ0v) is 10.5. The number of carbonyl (C=O) groups excluding carboxylic acids is 1. The molecular weight excluding hydrogens is 256 g/mol. The summed E-state index contributed by atoms with van der Waals surface area (Å²) in [6.07, 6.45) is -0.555. The van der Waals surface area contributed by atoms with Crippen LogP contribution in [0.25, 0.3) is 0 Å². The van der Waals surface area contributed by atoms with Gasteiger partial charge in [-0.25, -0.2) is 0 Å². The first-order valence-corrected chi connectivity index (χ1v) is 5.75. The lowest BCUT2D eigenvalue weighted by Crippen LogP contribution is -2.27. The van der Waals surface area contributed by atoms with Crippen LogP contribution in [0.15, 0.2) is 28.7 Å². The van der Waals surface area contributed by atoms with E-state index in [1.807, 2.05) is 38.1 Å². The van der Waals surface area contributed by atoms with E-state index in [9.17, 15) is 9.90 Å². The third-order valence-corrected chi connectivity index (χ3v) is 2.78. The Hall–Kier alpha value is -0.670. The fourth-order valence-electron chi connectivity index (χ4n) is 1.28. The third kappa shape index (κ3) is 3.76. The minimum absolute atomic E-state index is 0.0204. The second-order valence-electron chi connectivity index (χ2n) is 3.96. The first-order chi connectivity index (χ1) is 7.00. The van der Waals surface area contributed by atoms with Crippen LogP contribution in [0, 0.1) is 5.92 Å². The van der Waals surface area contributed by atoms with E-state index < -0.39 is 6.10 Å². The summed E-state index contributed by atoms with van der Waals surface area (Å²) in [5, 5.41) is 9.55. The van der Waals surface area contributed by atoms with Gasteiger partial charge in [-0.3, -0.25) is 4.79 Å². The Balaban J connectivity index is 2.62. The second kappa shape index (κ2) is 5.42. The molecule has 1 aromatic rings. The monoisotopic (exact) mass is 270 g/mol. The van der Waals surface area contributed by atoms with Gasteiger partial charge < -0.3 is 5.11 Å². The maximum Gasteiger partial charge on any atom is 0.165 e. The standard InChI is InChI=1S/C12H15BrO2/c1-8(2)12(15)11(14)7-9-3-5-10(13)6-4-9/h3-6,8,12,15H,7H2,1-2H3. The van der Waals surface area contributed by atoms with Gasteiger partial charge in [0.15, 0.2) is 5.78 Å². The molecule has 0 aliphatic carbocycles. The van der Waals surface area contributed by atoms with E-state index in [4.69, 9.17) is 0 Å². The Labute approximate surface area is 98.4 Å². The van der Waals surface area contributed by atoms with Gasteiger partial charge in [0.2, 0.25) is 0 Å². The van der Waals surface area contributed by atoms with Crippen LogP contribution in [-0.2, 0) is 11.2 Å². The van der Waals surface area contributed by atoms with Crippen molar-refractivity contribution in [1.29, 1.82) is 0 Å². The fourth-order valence-corrected chi connectivity index (χ4v) is 1.54. The van der Waals surface area contributed by atoms with Crippen LogP contribution in [0.4, 0.5) is 0 Å². The molecule has 0 spiro atoms. The van der Waals surface area contributed by atoms with Crippen LogP contribution in [0.5, 0.6) is 0 Å². The first kappa shape index (κ1) is 12.4.